The van der Waals surface area contributed by atoms with Gasteiger partial charge in [-0.3, -0.25) is 9.59 Å². The summed E-state index contributed by atoms with van der Waals surface area (Å²) in [6.45, 7) is 1.66. The summed E-state index contributed by atoms with van der Waals surface area (Å²) >= 11 is 0. The van der Waals surface area contributed by atoms with Crippen LogP contribution >= 0.6 is 0 Å². The summed E-state index contributed by atoms with van der Waals surface area (Å²) < 4.78 is 48.6. The van der Waals surface area contributed by atoms with Gasteiger partial charge in [-0.25, -0.2) is 33.2 Å². The van der Waals surface area contributed by atoms with Gasteiger partial charge in [0.2, 0.25) is 5.95 Å². The second kappa shape index (κ2) is 13.7. The van der Waals surface area contributed by atoms with Crippen molar-refractivity contribution in [1.29, 1.82) is 0 Å². The lowest BCUT2D eigenvalue weighted by Gasteiger charge is -2.36. The zero-order valence-corrected chi connectivity index (χ0v) is 26.7. The number of fused-ring (bicyclic) bond motifs is 1. The second-order valence-electron chi connectivity index (χ2n) is 11.6. The van der Waals surface area contributed by atoms with E-state index in [1.807, 2.05) is 18.2 Å². The van der Waals surface area contributed by atoms with Crippen LogP contribution in [0.25, 0.3) is 22.0 Å². The van der Waals surface area contributed by atoms with Crippen molar-refractivity contribution in [2.45, 2.75) is 6.42 Å². The first-order valence-electron chi connectivity index (χ1n) is 15.7. The number of H-pyrrole nitrogens is 1. The number of anilines is 3. The molecule has 2 N–H and O–H groups in total. The number of hydrogen-bond acceptors (Lipinski definition) is 9. The molecule has 1 aliphatic rings. The largest absolute Gasteiger partial charge is 0.496 e. The molecule has 1 saturated heterocycles. The molecule has 0 bridgehead atoms. The van der Waals surface area contributed by atoms with Gasteiger partial charge in [0.05, 0.1) is 30.0 Å². The third-order valence-corrected chi connectivity index (χ3v) is 8.49. The van der Waals surface area contributed by atoms with Crippen molar-refractivity contribution in [2.24, 2.45) is 0 Å². The Morgan fingerprint density at radius 2 is 1.72 bits per heavy atom. The van der Waals surface area contributed by atoms with Crippen LogP contribution in [-0.2, 0) is 6.42 Å². The summed E-state index contributed by atoms with van der Waals surface area (Å²) in [5.41, 5.74) is 1.98. The van der Waals surface area contributed by atoms with Gasteiger partial charge < -0.3 is 19.9 Å². The Labute approximate surface area is 283 Å². The first-order valence-corrected chi connectivity index (χ1v) is 15.7. The molecule has 6 aromatic rings. The Hall–Kier alpha value is -6.31. The van der Waals surface area contributed by atoms with E-state index in [1.54, 1.807) is 41.4 Å². The quantitative estimate of drug-likeness (QED) is 0.215. The fourth-order valence-corrected chi connectivity index (χ4v) is 5.96. The second-order valence-corrected chi connectivity index (χ2v) is 11.6. The molecule has 252 valence electrons. The molecule has 3 aromatic heterocycles. The van der Waals surface area contributed by atoms with Crippen molar-refractivity contribution < 1.29 is 22.7 Å². The molecule has 1 amide bonds. The number of methoxy groups -OCH3 is 1. The smallest absolute Gasteiger partial charge is 0.272 e. The van der Waals surface area contributed by atoms with Gasteiger partial charge in [-0.1, -0.05) is 24.3 Å². The summed E-state index contributed by atoms with van der Waals surface area (Å²) in [5.74, 6) is -1.68. The number of aromatic amines is 1. The lowest BCUT2D eigenvalue weighted by atomic mass is 10.0. The Balaban J connectivity index is 1.02. The van der Waals surface area contributed by atoms with Gasteiger partial charge in [-0.2, -0.15) is 5.10 Å². The van der Waals surface area contributed by atoms with E-state index in [9.17, 15) is 22.8 Å². The number of hydrogen-bond donors (Lipinski definition) is 2. The molecule has 0 unspecified atom stereocenters. The molecule has 0 radical (unpaired) electrons. The van der Waals surface area contributed by atoms with E-state index in [-0.39, 0.29) is 34.1 Å². The topological polar surface area (TPSA) is 129 Å². The minimum absolute atomic E-state index is 0.0306. The number of piperazine rings is 1. The van der Waals surface area contributed by atoms with E-state index in [1.165, 1.54) is 25.3 Å². The molecule has 4 heterocycles. The number of nitrogens with zero attached hydrogens (tertiary/aromatic N) is 6. The molecule has 3 aromatic carbocycles. The normalized spacial score (nSPS) is 13.0. The van der Waals surface area contributed by atoms with Crippen molar-refractivity contribution in [3.63, 3.8) is 0 Å². The Kier molecular flexibility index (Phi) is 8.81. The summed E-state index contributed by atoms with van der Waals surface area (Å²) in [4.78, 5) is 42.0. The predicted octanol–water partition coefficient (Wildman–Crippen LogP) is 5.50. The predicted molar refractivity (Wildman–Crippen MR) is 181 cm³/mol. The Morgan fingerprint density at radius 1 is 0.920 bits per heavy atom. The Bertz CT molecular complexity index is 2290. The standard InChI is InChI=1S/C36H29F3N8O3/c1-50-31-18-22(37)7-8-26(31)33-29(39)20-41-36(43-33)42-32-19-23(10-11-40-32)46-12-14-47(15-13-46)35(49)27-16-21(6-9-28(27)38)17-30-24-4-2-3-5-25(24)34(48)45-44-30/h2-11,16,18-20H,12-15,17H2,1H3,(H,45,48)(H,40,41,42,43). The van der Waals surface area contributed by atoms with E-state index in [4.69, 9.17) is 4.74 Å². The number of benzene rings is 3. The maximum absolute atomic E-state index is 15.0. The maximum atomic E-state index is 15.0. The maximum Gasteiger partial charge on any atom is 0.272 e. The van der Waals surface area contributed by atoms with Gasteiger partial charge >= 0.3 is 0 Å². The molecular weight excluding hydrogens is 649 g/mol. The molecular formula is C36H29F3N8O3. The third kappa shape index (κ3) is 6.55. The van der Waals surface area contributed by atoms with Crippen LogP contribution in [0.1, 0.15) is 21.6 Å². The molecule has 0 atom stereocenters. The van der Waals surface area contributed by atoms with Crippen LogP contribution in [0.4, 0.5) is 30.6 Å². The van der Waals surface area contributed by atoms with Crippen LogP contribution < -0.4 is 20.5 Å². The number of halogens is 3. The van der Waals surface area contributed by atoms with Gasteiger partial charge in [0.1, 0.15) is 28.9 Å². The van der Waals surface area contributed by atoms with Crippen LogP contribution in [0.3, 0.4) is 0 Å². The molecule has 7 rings (SSSR count). The molecule has 1 aliphatic heterocycles. The number of ether oxygens (including phenoxy) is 1. The molecule has 50 heavy (non-hydrogen) atoms. The average Bonchev–Trinajstić information content (AvgIpc) is 3.14. The molecule has 11 nitrogen and oxygen atoms in total. The van der Waals surface area contributed by atoms with Crippen LogP contribution in [0.5, 0.6) is 5.75 Å². The minimum Gasteiger partial charge on any atom is -0.496 e. The lowest BCUT2D eigenvalue weighted by Crippen LogP contribution is -2.49. The van der Waals surface area contributed by atoms with Crippen molar-refractivity contribution in [2.75, 3.05) is 43.5 Å². The number of aromatic nitrogens is 5. The van der Waals surface area contributed by atoms with Crippen molar-refractivity contribution in [1.82, 2.24) is 30.0 Å². The van der Waals surface area contributed by atoms with Crippen molar-refractivity contribution >= 4 is 34.1 Å². The molecule has 14 heteroatoms. The zero-order chi connectivity index (χ0) is 34.8. The van der Waals surface area contributed by atoms with Gasteiger partial charge in [0.15, 0.2) is 5.82 Å². The fraction of sp³-hybridized carbons (Fsp3) is 0.167. The van der Waals surface area contributed by atoms with Crippen LogP contribution in [0.2, 0.25) is 0 Å². The number of nitrogens with one attached hydrogen (secondary N) is 2. The highest BCUT2D eigenvalue weighted by Crippen LogP contribution is 2.32. The number of carbonyl (C=O) groups excluding carboxylic acids is 1. The van der Waals surface area contributed by atoms with Gasteiger partial charge in [-0.15, -0.1) is 0 Å². The lowest BCUT2D eigenvalue weighted by molar-refractivity contribution is 0.0742. The van der Waals surface area contributed by atoms with Crippen LogP contribution in [0, 0.1) is 17.5 Å². The van der Waals surface area contributed by atoms with E-state index >= 15 is 0 Å². The monoisotopic (exact) mass is 678 g/mol. The molecule has 0 saturated carbocycles. The fourth-order valence-electron chi connectivity index (χ4n) is 5.96. The van der Waals surface area contributed by atoms with E-state index in [0.717, 1.165) is 18.0 Å². The number of amides is 1. The minimum atomic E-state index is -0.708. The highest BCUT2D eigenvalue weighted by molar-refractivity contribution is 5.95. The summed E-state index contributed by atoms with van der Waals surface area (Å²) in [6, 6.07) is 18.9. The highest BCUT2D eigenvalue weighted by Gasteiger charge is 2.25. The molecule has 0 aliphatic carbocycles. The SMILES string of the molecule is COc1cc(F)ccc1-c1nc(Nc2cc(N3CCN(C(=O)c4cc(Cc5n[nH]c(=O)c6ccccc56)ccc4F)CC3)ccn2)ncc1F. The summed E-state index contributed by atoms with van der Waals surface area (Å²) in [6.07, 6.45) is 2.91. The molecule has 1 fully saturated rings. The number of pyridine rings is 1. The van der Waals surface area contributed by atoms with Crippen molar-refractivity contribution in [3.05, 3.63) is 130 Å². The third-order valence-electron chi connectivity index (χ3n) is 8.49. The summed E-state index contributed by atoms with van der Waals surface area (Å²) in [7, 11) is 1.36. The highest BCUT2D eigenvalue weighted by atomic mass is 19.1. The van der Waals surface area contributed by atoms with Gasteiger partial charge in [0.25, 0.3) is 11.5 Å². The van der Waals surface area contributed by atoms with Crippen molar-refractivity contribution in [3.8, 4) is 17.0 Å². The average molecular weight is 679 g/mol. The summed E-state index contributed by atoms with van der Waals surface area (Å²) in [5, 5.41) is 10.9. The number of rotatable bonds is 8. The first-order chi connectivity index (χ1) is 24.3. The van der Waals surface area contributed by atoms with E-state index in [0.29, 0.717) is 60.4 Å². The van der Waals surface area contributed by atoms with Crippen LogP contribution in [-0.4, -0.2) is 69.2 Å². The van der Waals surface area contributed by atoms with Gasteiger partial charge in [-0.05, 0) is 42.0 Å². The van der Waals surface area contributed by atoms with E-state index in [2.05, 4.69) is 35.4 Å². The molecule has 0 spiro atoms. The van der Waals surface area contributed by atoms with E-state index < -0.39 is 23.4 Å². The first kappa shape index (κ1) is 32.2. The van der Waals surface area contributed by atoms with Crippen LogP contribution in [0.15, 0.2) is 90.0 Å². The van der Waals surface area contributed by atoms with Gasteiger partial charge in [0, 0.05) is 67.6 Å². The zero-order valence-electron chi connectivity index (χ0n) is 26.7. The number of carbonyl (C=O) groups is 1. The Morgan fingerprint density at radius 3 is 2.52 bits per heavy atom.